The molecule has 1 aromatic carbocycles. The van der Waals surface area contributed by atoms with Crippen molar-refractivity contribution in [1.82, 2.24) is 0 Å². The summed E-state index contributed by atoms with van der Waals surface area (Å²) < 4.78 is 6.14. The van der Waals surface area contributed by atoms with Crippen LogP contribution in [-0.2, 0) is 4.74 Å². The van der Waals surface area contributed by atoms with Crippen molar-refractivity contribution in [2.24, 2.45) is 0 Å². The van der Waals surface area contributed by atoms with Gasteiger partial charge in [0.2, 0.25) is 0 Å². The van der Waals surface area contributed by atoms with Gasteiger partial charge in [0.15, 0.2) is 0 Å². The molecular weight excluding hydrogens is 284 g/mol. The van der Waals surface area contributed by atoms with Gasteiger partial charge >= 0.3 is 0 Å². The summed E-state index contributed by atoms with van der Waals surface area (Å²) in [6.45, 7) is 3.95. The maximum Gasteiger partial charge on any atom is 0.0697 e. The molecule has 0 spiro atoms. The van der Waals surface area contributed by atoms with E-state index >= 15 is 0 Å². The van der Waals surface area contributed by atoms with Gasteiger partial charge in [-0.25, -0.2) is 0 Å². The van der Waals surface area contributed by atoms with E-state index in [0.717, 1.165) is 34.4 Å². The molecule has 5 heteroatoms. The molecule has 0 bridgehead atoms. The molecule has 1 aromatic rings. The van der Waals surface area contributed by atoms with Crippen LogP contribution in [0.2, 0.25) is 0 Å². The number of rotatable bonds is 7. The summed E-state index contributed by atoms with van der Waals surface area (Å²) in [7, 11) is 0. The second kappa shape index (κ2) is 7.53. The fourth-order valence-corrected chi connectivity index (χ4v) is 1.90. The van der Waals surface area contributed by atoms with E-state index in [-0.39, 0.29) is 6.61 Å². The van der Waals surface area contributed by atoms with Crippen molar-refractivity contribution in [2.75, 3.05) is 37.4 Å². The topological polar surface area (TPSA) is 67.5 Å². The minimum Gasteiger partial charge on any atom is -0.398 e. The second-order valence-electron chi connectivity index (χ2n) is 3.80. The minimum atomic E-state index is 0.0795. The third kappa shape index (κ3) is 4.93. The lowest BCUT2D eigenvalue weighted by atomic mass is 10.2. The first-order chi connectivity index (χ1) is 8.15. The first kappa shape index (κ1) is 14.3. The van der Waals surface area contributed by atoms with Crippen LogP contribution in [0.3, 0.4) is 0 Å². The highest BCUT2D eigenvalue weighted by Gasteiger charge is 2.02. The molecule has 0 amide bonds. The van der Waals surface area contributed by atoms with Crippen molar-refractivity contribution < 1.29 is 9.84 Å². The number of ether oxygens (including phenoxy) is 1. The van der Waals surface area contributed by atoms with Crippen molar-refractivity contribution in [1.29, 1.82) is 0 Å². The van der Waals surface area contributed by atoms with Crippen LogP contribution in [0.5, 0.6) is 0 Å². The number of hydrogen-bond donors (Lipinski definition) is 3. The fraction of sp³-hybridized carbons (Fsp3) is 0.500. The molecule has 0 aliphatic rings. The second-order valence-corrected chi connectivity index (χ2v) is 4.66. The van der Waals surface area contributed by atoms with Crippen LogP contribution >= 0.6 is 15.9 Å². The molecular formula is C12H19BrN2O2. The predicted octanol–water partition coefficient (Wildman–Crippen LogP) is 2.15. The molecule has 96 valence electrons. The first-order valence-electron chi connectivity index (χ1n) is 5.63. The van der Waals surface area contributed by atoms with Gasteiger partial charge in [0.25, 0.3) is 0 Å². The maximum absolute atomic E-state index is 8.54. The van der Waals surface area contributed by atoms with Gasteiger partial charge in [0, 0.05) is 29.0 Å². The predicted molar refractivity (Wildman–Crippen MR) is 74.3 cm³/mol. The molecule has 1 rings (SSSR count). The van der Waals surface area contributed by atoms with Crippen molar-refractivity contribution in [3.05, 3.63) is 22.2 Å². The lowest BCUT2D eigenvalue weighted by Crippen LogP contribution is -2.08. The number of anilines is 2. The number of aryl methyl sites for hydroxylation is 1. The molecule has 0 aliphatic carbocycles. The van der Waals surface area contributed by atoms with Crippen molar-refractivity contribution >= 4 is 27.3 Å². The monoisotopic (exact) mass is 302 g/mol. The Balaban J connectivity index is 2.34. The van der Waals surface area contributed by atoms with E-state index in [4.69, 9.17) is 15.6 Å². The number of nitrogens with one attached hydrogen (secondary N) is 1. The summed E-state index contributed by atoms with van der Waals surface area (Å²) >= 11 is 3.47. The Bertz CT molecular complexity index is 359. The van der Waals surface area contributed by atoms with Crippen LogP contribution in [0.1, 0.15) is 12.0 Å². The molecule has 0 saturated heterocycles. The third-order valence-corrected chi connectivity index (χ3v) is 3.03. The van der Waals surface area contributed by atoms with Gasteiger partial charge in [-0.1, -0.05) is 0 Å². The van der Waals surface area contributed by atoms with E-state index in [1.807, 2.05) is 19.1 Å². The smallest absolute Gasteiger partial charge is 0.0697 e. The Morgan fingerprint density at radius 2 is 2.18 bits per heavy atom. The van der Waals surface area contributed by atoms with Gasteiger partial charge in [0.1, 0.15) is 0 Å². The summed E-state index contributed by atoms with van der Waals surface area (Å²) in [4.78, 5) is 0. The average Bonchev–Trinajstić information content (AvgIpc) is 2.30. The SMILES string of the molecule is Cc1cc(NCCCOCCO)c(Br)cc1N. The molecule has 4 N–H and O–H groups in total. The Morgan fingerprint density at radius 3 is 2.88 bits per heavy atom. The van der Waals surface area contributed by atoms with E-state index in [0.29, 0.717) is 13.2 Å². The fourth-order valence-electron chi connectivity index (χ4n) is 1.40. The van der Waals surface area contributed by atoms with Crippen LogP contribution < -0.4 is 11.1 Å². The van der Waals surface area contributed by atoms with Gasteiger partial charge in [-0.15, -0.1) is 0 Å². The van der Waals surface area contributed by atoms with Crippen LogP contribution in [-0.4, -0.2) is 31.5 Å². The van der Waals surface area contributed by atoms with E-state index < -0.39 is 0 Å². The van der Waals surface area contributed by atoms with Crippen LogP contribution in [0, 0.1) is 6.92 Å². The molecule has 0 radical (unpaired) electrons. The number of nitrogen functional groups attached to an aromatic ring is 1. The number of halogens is 1. The zero-order valence-electron chi connectivity index (χ0n) is 10.0. The number of nitrogens with two attached hydrogens (primary N) is 1. The largest absolute Gasteiger partial charge is 0.398 e. The summed E-state index contributed by atoms with van der Waals surface area (Å²) in [6, 6.07) is 3.92. The summed E-state index contributed by atoms with van der Waals surface area (Å²) in [5.74, 6) is 0. The van der Waals surface area contributed by atoms with E-state index in [9.17, 15) is 0 Å². The molecule has 17 heavy (non-hydrogen) atoms. The zero-order chi connectivity index (χ0) is 12.7. The average molecular weight is 303 g/mol. The summed E-state index contributed by atoms with van der Waals surface area (Å²) in [5, 5.41) is 11.8. The zero-order valence-corrected chi connectivity index (χ0v) is 11.6. The Labute approximate surface area is 110 Å². The van der Waals surface area contributed by atoms with E-state index in [1.165, 1.54) is 0 Å². The number of benzene rings is 1. The molecule has 0 aliphatic heterocycles. The lowest BCUT2D eigenvalue weighted by molar-refractivity contribution is 0.0922. The highest BCUT2D eigenvalue weighted by atomic mass is 79.9. The molecule has 0 heterocycles. The number of hydrogen-bond acceptors (Lipinski definition) is 4. The van der Waals surface area contributed by atoms with Gasteiger partial charge < -0.3 is 20.9 Å². The van der Waals surface area contributed by atoms with E-state index in [1.54, 1.807) is 0 Å². The third-order valence-electron chi connectivity index (χ3n) is 2.37. The quantitative estimate of drug-likeness (QED) is 0.533. The molecule has 0 saturated carbocycles. The molecule has 0 unspecified atom stereocenters. The highest BCUT2D eigenvalue weighted by molar-refractivity contribution is 9.10. The van der Waals surface area contributed by atoms with Crippen LogP contribution in [0.4, 0.5) is 11.4 Å². The molecule has 0 fully saturated rings. The standard InChI is InChI=1S/C12H19BrN2O2/c1-9-7-12(10(13)8-11(9)14)15-3-2-5-17-6-4-16/h7-8,15-16H,2-6,14H2,1H3. The van der Waals surface area contributed by atoms with Gasteiger partial charge in [-0.05, 0) is 47.0 Å². The maximum atomic E-state index is 8.54. The van der Waals surface area contributed by atoms with Gasteiger partial charge in [0.05, 0.1) is 13.2 Å². The summed E-state index contributed by atoms with van der Waals surface area (Å²) in [5.41, 5.74) is 8.69. The number of aliphatic hydroxyl groups excluding tert-OH is 1. The number of aliphatic hydroxyl groups is 1. The van der Waals surface area contributed by atoms with Gasteiger partial charge in [-0.2, -0.15) is 0 Å². The van der Waals surface area contributed by atoms with Crippen molar-refractivity contribution in [3.8, 4) is 0 Å². The molecule has 0 atom stereocenters. The molecule has 4 nitrogen and oxygen atoms in total. The van der Waals surface area contributed by atoms with Crippen LogP contribution in [0.25, 0.3) is 0 Å². The first-order valence-corrected chi connectivity index (χ1v) is 6.42. The Kier molecular flexibility index (Phi) is 6.32. The lowest BCUT2D eigenvalue weighted by Gasteiger charge is -2.11. The minimum absolute atomic E-state index is 0.0795. The molecule has 0 aromatic heterocycles. The van der Waals surface area contributed by atoms with E-state index in [2.05, 4.69) is 21.2 Å². The normalized spacial score (nSPS) is 10.5. The van der Waals surface area contributed by atoms with Crippen LogP contribution in [0.15, 0.2) is 16.6 Å². The highest BCUT2D eigenvalue weighted by Crippen LogP contribution is 2.27. The van der Waals surface area contributed by atoms with Crippen molar-refractivity contribution in [3.63, 3.8) is 0 Å². The summed E-state index contributed by atoms with van der Waals surface area (Å²) in [6.07, 6.45) is 0.899. The van der Waals surface area contributed by atoms with Crippen molar-refractivity contribution in [2.45, 2.75) is 13.3 Å². The Morgan fingerprint density at radius 1 is 1.41 bits per heavy atom. The van der Waals surface area contributed by atoms with Gasteiger partial charge in [-0.3, -0.25) is 0 Å². The Hall–Kier alpha value is -0.780.